The van der Waals surface area contributed by atoms with E-state index >= 15 is 0 Å². The maximum atomic E-state index is 11.8. The van der Waals surface area contributed by atoms with Crippen LogP contribution in [0.25, 0.3) is 0 Å². The van der Waals surface area contributed by atoms with Gasteiger partial charge in [0.1, 0.15) is 11.6 Å². The van der Waals surface area contributed by atoms with Crippen molar-refractivity contribution in [1.82, 2.24) is 5.32 Å². The summed E-state index contributed by atoms with van der Waals surface area (Å²) in [5, 5.41) is 11.8. The molecule has 0 aliphatic heterocycles. The number of hydrogen-bond acceptors (Lipinski definition) is 4. The van der Waals surface area contributed by atoms with Gasteiger partial charge in [0, 0.05) is 4.75 Å². The van der Waals surface area contributed by atoms with Crippen molar-refractivity contribution >= 4 is 23.8 Å². The van der Waals surface area contributed by atoms with Crippen LogP contribution < -0.4 is 5.32 Å². The number of hydrogen-bond donors (Lipinski definition) is 2. The number of thioether (sulfide) groups is 1. The number of carboxylic acids is 1. The Hall–Kier alpha value is -0.910. The highest BCUT2D eigenvalue weighted by atomic mass is 32.2. The second kappa shape index (κ2) is 6.24. The zero-order chi connectivity index (χ0) is 15.6. The van der Waals surface area contributed by atoms with Crippen molar-refractivity contribution in [3.63, 3.8) is 0 Å². The first kappa shape index (κ1) is 17.1. The Morgan fingerprint density at radius 3 is 2.25 bits per heavy atom. The first-order valence-electron chi connectivity index (χ1n) is 6.87. The molecule has 0 spiro atoms. The predicted octanol–water partition coefficient (Wildman–Crippen LogP) is 2.89. The molecule has 0 bridgehead atoms. The van der Waals surface area contributed by atoms with Crippen LogP contribution in [0.15, 0.2) is 0 Å². The molecule has 0 radical (unpaired) electrons. The number of amides is 1. The Morgan fingerprint density at radius 2 is 1.85 bits per heavy atom. The number of carbonyl (C=O) groups is 2. The maximum Gasteiger partial charge on any atom is 0.408 e. The molecule has 1 amide bonds. The quantitative estimate of drug-likeness (QED) is 0.789. The lowest BCUT2D eigenvalue weighted by atomic mass is 10.0. The molecule has 1 fully saturated rings. The van der Waals surface area contributed by atoms with Crippen LogP contribution in [0.1, 0.15) is 47.5 Å². The molecule has 1 atom stereocenters. The Labute approximate surface area is 124 Å². The highest BCUT2D eigenvalue weighted by Gasteiger charge is 2.39. The normalized spacial score (nSPS) is 17.4. The van der Waals surface area contributed by atoms with Gasteiger partial charge in [0.25, 0.3) is 0 Å². The van der Waals surface area contributed by atoms with E-state index in [1.807, 2.05) is 13.8 Å². The van der Waals surface area contributed by atoms with Gasteiger partial charge in [0.15, 0.2) is 0 Å². The lowest BCUT2D eigenvalue weighted by molar-refractivity contribution is -0.140. The predicted molar refractivity (Wildman–Crippen MR) is 80.1 cm³/mol. The molecule has 116 valence electrons. The van der Waals surface area contributed by atoms with Gasteiger partial charge in [0.05, 0.1) is 0 Å². The van der Waals surface area contributed by atoms with Crippen LogP contribution in [0.2, 0.25) is 0 Å². The van der Waals surface area contributed by atoms with E-state index in [-0.39, 0.29) is 0 Å². The number of alkyl carbamates (subject to hydrolysis) is 1. The molecule has 20 heavy (non-hydrogen) atoms. The molecule has 6 heteroatoms. The Balaban J connectivity index is 2.61. The van der Waals surface area contributed by atoms with Gasteiger partial charge in [-0.15, -0.1) is 0 Å². The van der Waals surface area contributed by atoms with Gasteiger partial charge >= 0.3 is 12.1 Å². The van der Waals surface area contributed by atoms with Crippen LogP contribution in [0.4, 0.5) is 4.79 Å². The van der Waals surface area contributed by atoms with Gasteiger partial charge < -0.3 is 15.2 Å². The van der Waals surface area contributed by atoms with Gasteiger partial charge in [-0.05, 0) is 59.1 Å². The fourth-order valence-electron chi connectivity index (χ4n) is 1.66. The maximum absolute atomic E-state index is 11.8. The summed E-state index contributed by atoms with van der Waals surface area (Å²) in [7, 11) is 0. The lowest BCUT2D eigenvalue weighted by Gasteiger charge is -2.32. The van der Waals surface area contributed by atoms with Gasteiger partial charge in [0.2, 0.25) is 0 Å². The molecule has 0 heterocycles. The van der Waals surface area contributed by atoms with E-state index in [9.17, 15) is 14.7 Å². The summed E-state index contributed by atoms with van der Waals surface area (Å²) in [6, 6.07) is -0.971. The fraction of sp³-hybridized carbons (Fsp3) is 0.857. The van der Waals surface area contributed by atoms with Crippen LogP contribution in [0.3, 0.4) is 0 Å². The average Bonchev–Trinajstić information content (AvgIpc) is 3.03. The standard InChI is InChI=1S/C14H25NO4S/c1-13(2,3)19-12(18)15-10(11(16)17)14(4,5)20-8-9-6-7-9/h9-10H,6-8H2,1-5H3,(H,15,18)(H,16,17). The van der Waals surface area contributed by atoms with Crippen molar-refractivity contribution in [3.8, 4) is 0 Å². The topological polar surface area (TPSA) is 75.6 Å². The summed E-state index contributed by atoms with van der Waals surface area (Å²) in [5.74, 6) is 0.603. The summed E-state index contributed by atoms with van der Waals surface area (Å²) >= 11 is 1.59. The van der Waals surface area contributed by atoms with E-state index in [2.05, 4.69) is 5.32 Å². The summed E-state index contributed by atoms with van der Waals surface area (Å²) in [5.41, 5.74) is -0.640. The second-order valence-corrected chi connectivity index (χ2v) is 8.45. The number of ether oxygens (including phenoxy) is 1. The number of carbonyl (C=O) groups excluding carboxylic acids is 1. The van der Waals surface area contributed by atoms with Crippen LogP contribution in [-0.4, -0.2) is 39.3 Å². The Kier molecular flexibility index (Phi) is 5.35. The zero-order valence-electron chi connectivity index (χ0n) is 12.9. The van der Waals surface area contributed by atoms with E-state index < -0.39 is 28.5 Å². The molecule has 1 rings (SSSR count). The minimum Gasteiger partial charge on any atom is -0.480 e. The van der Waals surface area contributed by atoms with Crippen molar-refractivity contribution < 1.29 is 19.4 Å². The SMILES string of the molecule is CC(C)(C)OC(=O)NC(C(=O)O)C(C)(C)SCC1CC1. The molecule has 5 nitrogen and oxygen atoms in total. The van der Waals surface area contributed by atoms with Gasteiger partial charge in [-0.1, -0.05) is 0 Å². The van der Waals surface area contributed by atoms with Crippen molar-refractivity contribution in [2.75, 3.05) is 5.75 Å². The van der Waals surface area contributed by atoms with Crippen LogP contribution >= 0.6 is 11.8 Å². The molecule has 0 aromatic carbocycles. The minimum absolute atomic E-state index is 0.578. The summed E-state index contributed by atoms with van der Waals surface area (Å²) < 4.78 is 4.55. The van der Waals surface area contributed by atoms with Gasteiger partial charge in [-0.2, -0.15) is 11.8 Å². The largest absolute Gasteiger partial charge is 0.480 e. The second-order valence-electron chi connectivity index (χ2n) is 6.78. The Bertz CT molecular complexity index is 372. The third kappa shape index (κ3) is 6.03. The molecule has 0 aromatic rings. The smallest absolute Gasteiger partial charge is 0.408 e. The van der Waals surface area contributed by atoms with E-state index in [1.54, 1.807) is 32.5 Å². The fourth-order valence-corrected chi connectivity index (χ4v) is 2.98. The van der Waals surface area contributed by atoms with E-state index in [0.717, 1.165) is 5.75 Å². The molecule has 0 aromatic heterocycles. The van der Waals surface area contributed by atoms with Gasteiger partial charge in [-0.3, -0.25) is 0 Å². The molecule has 1 aliphatic carbocycles. The summed E-state index contributed by atoms with van der Waals surface area (Å²) in [4.78, 5) is 23.2. The van der Waals surface area contributed by atoms with Crippen molar-refractivity contribution in [2.45, 2.75) is 63.9 Å². The van der Waals surface area contributed by atoms with Crippen molar-refractivity contribution in [3.05, 3.63) is 0 Å². The Morgan fingerprint density at radius 1 is 1.30 bits per heavy atom. The van der Waals surface area contributed by atoms with Gasteiger partial charge in [-0.25, -0.2) is 9.59 Å². The molecule has 0 saturated heterocycles. The number of rotatable bonds is 6. The molecule has 1 unspecified atom stereocenters. The monoisotopic (exact) mass is 303 g/mol. The molecule has 1 saturated carbocycles. The minimum atomic E-state index is -1.04. The first-order chi connectivity index (χ1) is 9.01. The van der Waals surface area contributed by atoms with Crippen LogP contribution in [0.5, 0.6) is 0 Å². The third-order valence-corrected chi connectivity index (χ3v) is 4.61. The highest BCUT2D eigenvalue weighted by Crippen LogP contribution is 2.38. The lowest BCUT2D eigenvalue weighted by Crippen LogP contribution is -2.53. The zero-order valence-corrected chi connectivity index (χ0v) is 13.7. The molecule has 2 N–H and O–H groups in total. The number of carboxylic acid groups (broad SMARTS) is 1. The first-order valence-corrected chi connectivity index (χ1v) is 7.86. The summed E-state index contributed by atoms with van der Waals surface area (Å²) in [6.45, 7) is 8.92. The highest BCUT2D eigenvalue weighted by molar-refractivity contribution is 8.00. The number of nitrogens with one attached hydrogen (secondary N) is 1. The summed E-state index contributed by atoms with van der Waals surface area (Å²) in [6.07, 6.45) is 1.76. The van der Waals surface area contributed by atoms with E-state index in [1.165, 1.54) is 12.8 Å². The molecular formula is C14H25NO4S. The molecule has 1 aliphatic rings. The third-order valence-electron chi connectivity index (χ3n) is 2.99. The molecular weight excluding hydrogens is 278 g/mol. The van der Waals surface area contributed by atoms with E-state index in [0.29, 0.717) is 5.92 Å². The van der Waals surface area contributed by atoms with Crippen molar-refractivity contribution in [1.29, 1.82) is 0 Å². The average molecular weight is 303 g/mol. The van der Waals surface area contributed by atoms with Crippen LogP contribution in [0, 0.1) is 5.92 Å². The number of aliphatic carboxylic acids is 1. The van der Waals surface area contributed by atoms with Crippen molar-refractivity contribution in [2.24, 2.45) is 5.92 Å². The van der Waals surface area contributed by atoms with E-state index in [4.69, 9.17) is 4.74 Å². The van der Waals surface area contributed by atoms with Crippen LogP contribution in [-0.2, 0) is 9.53 Å².